The molecule has 0 N–H and O–H groups in total. The average Bonchev–Trinajstić information content (AvgIpc) is 3.68. The van der Waals surface area contributed by atoms with Gasteiger partial charge in [-0.05, 0) is 98.1 Å². The third kappa shape index (κ3) is 4.49. The van der Waals surface area contributed by atoms with Gasteiger partial charge in [-0.3, -0.25) is 4.57 Å². The molecular formula is C45H36N2S. The van der Waals surface area contributed by atoms with Crippen LogP contribution in [0.3, 0.4) is 0 Å². The first kappa shape index (κ1) is 28.9. The van der Waals surface area contributed by atoms with E-state index < -0.39 is 0 Å². The summed E-state index contributed by atoms with van der Waals surface area (Å²) in [5, 5.41) is 7.76. The highest BCUT2D eigenvalue weighted by Crippen LogP contribution is 2.45. The number of para-hydroxylation sites is 2. The van der Waals surface area contributed by atoms with Crippen molar-refractivity contribution < 1.29 is 0 Å². The summed E-state index contributed by atoms with van der Waals surface area (Å²) in [6.07, 6.45) is 0. The highest BCUT2D eigenvalue weighted by molar-refractivity contribution is 7.26. The van der Waals surface area contributed by atoms with Crippen molar-refractivity contribution in [3.8, 4) is 28.2 Å². The van der Waals surface area contributed by atoms with Crippen LogP contribution in [0.4, 0.5) is 0 Å². The van der Waals surface area contributed by atoms with E-state index in [0.717, 1.165) is 16.9 Å². The first-order valence-corrected chi connectivity index (χ1v) is 17.8. The van der Waals surface area contributed by atoms with Gasteiger partial charge >= 0.3 is 0 Å². The average molecular weight is 637 g/mol. The molecule has 2 aromatic heterocycles. The summed E-state index contributed by atoms with van der Waals surface area (Å²) >= 11 is 1.88. The molecule has 0 atom stereocenters. The van der Waals surface area contributed by atoms with Gasteiger partial charge in [-0.15, -0.1) is 11.3 Å². The Hall–Kier alpha value is -5.25. The maximum atomic E-state index is 5.43. The van der Waals surface area contributed by atoms with Gasteiger partial charge < -0.3 is 0 Å². The largest absolute Gasteiger partial charge is 0.292 e. The predicted octanol–water partition coefficient (Wildman–Crippen LogP) is 13.3. The Bertz CT molecular complexity index is 2640. The van der Waals surface area contributed by atoms with Crippen molar-refractivity contribution in [3.05, 3.63) is 145 Å². The van der Waals surface area contributed by atoms with Gasteiger partial charge in [0.25, 0.3) is 0 Å². The lowest BCUT2D eigenvalue weighted by Crippen LogP contribution is -2.09. The number of rotatable bonds is 5. The van der Waals surface area contributed by atoms with E-state index in [1.165, 1.54) is 75.2 Å². The van der Waals surface area contributed by atoms with Crippen LogP contribution in [0.5, 0.6) is 0 Å². The quantitative estimate of drug-likeness (QED) is 0.172. The Morgan fingerprint density at radius 3 is 2.02 bits per heavy atom. The highest BCUT2D eigenvalue weighted by Gasteiger charge is 2.25. The number of aromatic nitrogens is 2. The summed E-state index contributed by atoms with van der Waals surface area (Å²) in [4.78, 5) is 5.43. The van der Waals surface area contributed by atoms with Gasteiger partial charge in [0.2, 0.25) is 0 Å². The zero-order valence-electron chi connectivity index (χ0n) is 27.7. The van der Waals surface area contributed by atoms with Gasteiger partial charge in [-0.25, -0.2) is 4.98 Å². The molecule has 3 heteroatoms. The SMILES string of the molecule is CC(C)c1cc(-c2ccccc2)cc(C(C)C)c1-n1c(-c2cccc3c2sc2cc4ccc5ccccc5c4cc23)nc2ccccc21. The Kier molecular flexibility index (Phi) is 6.74. The van der Waals surface area contributed by atoms with E-state index in [-0.39, 0.29) is 0 Å². The first-order valence-electron chi connectivity index (χ1n) is 16.9. The molecule has 9 rings (SSSR count). The van der Waals surface area contributed by atoms with Crippen molar-refractivity contribution >= 4 is 64.1 Å². The Morgan fingerprint density at radius 1 is 0.542 bits per heavy atom. The van der Waals surface area contributed by atoms with Crippen LogP contribution < -0.4 is 0 Å². The van der Waals surface area contributed by atoms with Crippen LogP contribution in [0, 0.1) is 0 Å². The van der Waals surface area contributed by atoms with Crippen molar-refractivity contribution in [2.75, 3.05) is 0 Å². The third-order valence-corrected chi connectivity index (χ3v) is 11.1. The minimum Gasteiger partial charge on any atom is -0.292 e. The van der Waals surface area contributed by atoms with Crippen LogP contribution >= 0.6 is 11.3 Å². The molecule has 48 heavy (non-hydrogen) atoms. The fourth-order valence-electron chi connectivity index (χ4n) is 7.52. The standard InChI is InChI=1S/C45H36N2S/c1-27(2)36-23-32(29-13-6-5-7-14-29)24-37(28(3)4)43(36)47-41-20-11-10-19-40(41)46-45(47)35-18-12-17-34-39-26-38-31(25-42(39)48-44(34)35)22-21-30-15-8-9-16-33(30)38/h5-28H,1-4H3. The molecule has 0 unspecified atom stereocenters. The summed E-state index contributed by atoms with van der Waals surface area (Å²) in [7, 11) is 0. The summed E-state index contributed by atoms with van der Waals surface area (Å²) in [6, 6.07) is 49.0. The molecule has 2 nitrogen and oxygen atoms in total. The summed E-state index contributed by atoms with van der Waals surface area (Å²) in [5.41, 5.74) is 9.78. The van der Waals surface area contributed by atoms with Crippen molar-refractivity contribution in [3.63, 3.8) is 0 Å². The van der Waals surface area contributed by atoms with Crippen LogP contribution in [0.1, 0.15) is 50.7 Å². The summed E-state index contributed by atoms with van der Waals surface area (Å²) in [5.74, 6) is 1.63. The molecule has 232 valence electrons. The van der Waals surface area contributed by atoms with E-state index >= 15 is 0 Å². The number of nitrogens with zero attached hydrogens (tertiary/aromatic N) is 2. The van der Waals surface area contributed by atoms with E-state index in [0.29, 0.717) is 11.8 Å². The fraction of sp³-hybridized carbons (Fsp3) is 0.133. The van der Waals surface area contributed by atoms with E-state index in [1.54, 1.807) is 0 Å². The van der Waals surface area contributed by atoms with Crippen LogP contribution in [0.25, 0.3) is 81.0 Å². The number of benzene rings is 7. The van der Waals surface area contributed by atoms with Gasteiger partial charge in [-0.2, -0.15) is 0 Å². The van der Waals surface area contributed by atoms with Crippen molar-refractivity contribution in [1.29, 1.82) is 0 Å². The van der Waals surface area contributed by atoms with Gasteiger partial charge in [0.05, 0.1) is 16.7 Å². The monoisotopic (exact) mass is 636 g/mol. The summed E-state index contributed by atoms with van der Waals surface area (Å²) in [6.45, 7) is 9.27. The Labute approximate surface area is 284 Å². The lowest BCUT2D eigenvalue weighted by atomic mass is 9.88. The molecule has 0 radical (unpaired) electrons. The zero-order chi connectivity index (χ0) is 32.5. The second kappa shape index (κ2) is 11.2. The number of hydrogen-bond donors (Lipinski definition) is 0. The second-order valence-corrected chi connectivity index (χ2v) is 14.6. The maximum absolute atomic E-state index is 5.43. The molecule has 0 aliphatic rings. The first-order chi connectivity index (χ1) is 23.5. The van der Waals surface area contributed by atoms with Crippen molar-refractivity contribution in [2.45, 2.75) is 39.5 Å². The molecule has 0 fully saturated rings. The van der Waals surface area contributed by atoms with Crippen LogP contribution in [0.2, 0.25) is 0 Å². The molecule has 0 aliphatic heterocycles. The van der Waals surface area contributed by atoms with E-state index in [4.69, 9.17) is 4.98 Å². The smallest absolute Gasteiger partial charge is 0.147 e. The van der Waals surface area contributed by atoms with Crippen LogP contribution in [-0.2, 0) is 0 Å². The highest BCUT2D eigenvalue weighted by atomic mass is 32.1. The normalized spacial score (nSPS) is 12.1. The molecule has 7 aromatic carbocycles. The lowest BCUT2D eigenvalue weighted by Gasteiger charge is -2.24. The molecule has 0 saturated heterocycles. The molecule has 0 spiro atoms. The molecule has 0 amide bonds. The molecule has 0 saturated carbocycles. The Balaban J connectivity index is 1.35. The number of hydrogen-bond acceptors (Lipinski definition) is 2. The van der Waals surface area contributed by atoms with Gasteiger partial charge in [0.1, 0.15) is 5.82 Å². The number of thiophene rings is 1. The van der Waals surface area contributed by atoms with E-state index in [1.807, 2.05) is 11.3 Å². The van der Waals surface area contributed by atoms with Crippen LogP contribution in [0.15, 0.2) is 133 Å². The molecule has 0 aliphatic carbocycles. The fourth-order valence-corrected chi connectivity index (χ4v) is 8.76. The zero-order valence-corrected chi connectivity index (χ0v) is 28.5. The predicted molar refractivity (Wildman–Crippen MR) is 208 cm³/mol. The lowest BCUT2D eigenvalue weighted by molar-refractivity contribution is 0.812. The topological polar surface area (TPSA) is 17.8 Å². The second-order valence-electron chi connectivity index (χ2n) is 13.6. The number of imidazole rings is 1. The summed E-state index contributed by atoms with van der Waals surface area (Å²) < 4.78 is 5.06. The molecule has 0 bridgehead atoms. The number of fused-ring (bicyclic) bond motifs is 7. The van der Waals surface area contributed by atoms with Gasteiger partial charge in [0, 0.05) is 25.7 Å². The van der Waals surface area contributed by atoms with Gasteiger partial charge in [0.15, 0.2) is 0 Å². The third-order valence-electron chi connectivity index (χ3n) is 9.91. The Morgan fingerprint density at radius 2 is 1.23 bits per heavy atom. The minimum atomic E-state index is 0.317. The molecular weight excluding hydrogens is 601 g/mol. The van der Waals surface area contributed by atoms with Crippen molar-refractivity contribution in [1.82, 2.24) is 9.55 Å². The van der Waals surface area contributed by atoms with E-state index in [2.05, 4.69) is 166 Å². The molecule has 9 aromatic rings. The maximum Gasteiger partial charge on any atom is 0.147 e. The van der Waals surface area contributed by atoms with Crippen LogP contribution in [-0.4, -0.2) is 9.55 Å². The van der Waals surface area contributed by atoms with Crippen molar-refractivity contribution in [2.24, 2.45) is 0 Å². The molecule has 2 heterocycles. The van der Waals surface area contributed by atoms with E-state index in [9.17, 15) is 0 Å². The van der Waals surface area contributed by atoms with Gasteiger partial charge in [-0.1, -0.05) is 119 Å². The minimum absolute atomic E-state index is 0.317.